The molecule has 0 spiro atoms. The van der Waals surface area contributed by atoms with E-state index >= 15 is 0 Å². The van der Waals surface area contributed by atoms with Gasteiger partial charge in [-0.3, -0.25) is 4.90 Å². The number of rotatable bonds is 4. The van der Waals surface area contributed by atoms with E-state index in [-0.39, 0.29) is 6.04 Å². The Morgan fingerprint density at radius 2 is 2.06 bits per heavy atom. The number of hydrogen-bond acceptors (Lipinski definition) is 2. The molecule has 1 atom stereocenters. The minimum absolute atomic E-state index is 0.239. The van der Waals surface area contributed by atoms with Gasteiger partial charge in [-0.15, -0.1) is 0 Å². The van der Waals surface area contributed by atoms with E-state index < -0.39 is 0 Å². The molecule has 2 nitrogen and oxygen atoms in total. The fourth-order valence-corrected chi connectivity index (χ4v) is 2.46. The number of nitrogens with two attached hydrogens (primary N) is 1. The molecule has 0 amide bonds. The highest BCUT2D eigenvalue weighted by Gasteiger charge is 2.13. The molecule has 2 N–H and O–H groups in total. The van der Waals surface area contributed by atoms with E-state index in [0.717, 1.165) is 26.1 Å². The second-order valence-electron chi connectivity index (χ2n) is 5.02. The van der Waals surface area contributed by atoms with Crippen LogP contribution in [-0.2, 0) is 6.42 Å². The van der Waals surface area contributed by atoms with Gasteiger partial charge in [0.2, 0.25) is 0 Å². The van der Waals surface area contributed by atoms with Crippen LogP contribution in [0.5, 0.6) is 0 Å². The van der Waals surface area contributed by atoms with Crippen molar-refractivity contribution in [1.29, 1.82) is 0 Å². The van der Waals surface area contributed by atoms with Crippen LogP contribution in [-0.4, -0.2) is 30.6 Å². The van der Waals surface area contributed by atoms with Crippen molar-refractivity contribution in [2.24, 2.45) is 5.73 Å². The summed E-state index contributed by atoms with van der Waals surface area (Å²) in [4.78, 5) is 2.46. The first-order valence-electron chi connectivity index (χ1n) is 6.41. The molecule has 1 heterocycles. The summed E-state index contributed by atoms with van der Waals surface area (Å²) in [7, 11) is 0. The average Bonchev–Trinajstić information content (AvgIpc) is 2.30. The molecule has 1 aliphatic heterocycles. The first-order valence-corrected chi connectivity index (χ1v) is 6.41. The maximum absolute atomic E-state index is 6.22. The van der Waals surface area contributed by atoms with Crippen LogP contribution in [0, 0.1) is 0 Å². The number of nitrogens with zero attached hydrogens (tertiary/aromatic N) is 1. The van der Waals surface area contributed by atoms with Gasteiger partial charge in [-0.25, -0.2) is 0 Å². The third-order valence-corrected chi connectivity index (χ3v) is 3.24. The Labute approximate surface area is 104 Å². The summed E-state index contributed by atoms with van der Waals surface area (Å²) < 4.78 is 0. The molecule has 1 aromatic rings. The summed E-state index contributed by atoms with van der Waals surface area (Å²) in [6.45, 7) is 5.44. The molecule has 1 aliphatic rings. The largest absolute Gasteiger partial charge is 0.326 e. The molecule has 2 heteroatoms. The molecule has 2 rings (SSSR count). The van der Waals surface area contributed by atoms with Crippen LogP contribution in [0.15, 0.2) is 42.0 Å². The highest BCUT2D eigenvalue weighted by atomic mass is 15.1. The van der Waals surface area contributed by atoms with Gasteiger partial charge >= 0.3 is 0 Å². The Morgan fingerprint density at radius 1 is 1.29 bits per heavy atom. The molecule has 1 unspecified atom stereocenters. The van der Waals surface area contributed by atoms with Crippen molar-refractivity contribution < 1.29 is 0 Å². The molecule has 1 aromatic carbocycles. The molecular weight excluding hydrogens is 208 g/mol. The number of hydrogen-bond donors (Lipinski definition) is 1. The molecule has 0 aromatic heterocycles. The second kappa shape index (κ2) is 5.99. The van der Waals surface area contributed by atoms with Crippen LogP contribution in [0.4, 0.5) is 0 Å². The molecule has 0 radical (unpaired) electrons. The van der Waals surface area contributed by atoms with Gasteiger partial charge < -0.3 is 5.73 Å². The molecule has 0 saturated heterocycles. The minimum Gasteiger partial charge on any atom is -0.326 e. The monoisotopic (exact) mass is 230 g/mol. The molecular formula is C15H22N2. The zero-order valence-corrected chi connectivity index (χ0v) is 10.6. The zero-order valence-electron chi connectivity index (χ0n) is 10.6. The van der Waals surface area contributed by atoms with Crippen LogP contribution in [0.1, 0.15) is 18.9 Å². The normalized spacial score (nSPS) is 18.8. The van der Waals surface area contributed by atoms with Crippen molar-refractivity contribution in [2.45, 2.75) is 25.8 Å². The van der Waals surface area contributed by atoms with Crippen molar-refractivity contribution >= 4 is 0 Å². The van der Waals surface area contributed by atoms with Gasteiger partial charge in [0.05, 0.1) is 0 Å². The Balaban J connectivity index is 1.81. The first-order chi connectivity index (χ1) is 8.24. The lowest BCUT2D eigenvalue weighted by atomic mass is 10.0. The van der Waals surface area contributed by atoms with Gasteiger partial charge in [-0.2, -0.15) is 0 Å². The molecule has 0 bridgehead atoms. The molecule has 17 heavy (non-hydrogen) atoms. The second-order valence-corrected chi connectivity index (χ2v) is 5.02. The highest BCUT2D eigenvalue weighted by Crippen LogP contribution is 2.10. The maximum Gasteiger partial charge on any atom is 0.0208 e. The Kier molecular flexibility index (Phi) is 4.35. The van der Waals surface area contributed by atoms with E-state index in [1.165, 1.54) is 17.6 Å². The first kappa shape index (κ1) is 12.3. The van der Waals surface area contributed by atoms with Crippen molar-refractivity contribution in [3.05, 3.63) is 47.5 Å². The summed E-state index contributed by atoms with van der Waals surface area (Å²) in [6.07, 6.45) is 4.48. The maximum atomic E-state index is 6.22. The quantitative estimate of drug-likeness (QED) is 0.804. The Morgan fingerprint density at radius 3 is 2.76 bits per heavy atom. The summed E-state index contributed by atoms with van der Waals surface area (Å²) in [5.74, 6) is 0. The lowest BCUT2D eigenvalue weighted by Gasteiger charge is -2.28. The minimum atomic E-state index is 0.239. The summed E-state index contributed by atoms with van der Waals surface area (Å²) >= 11 is 0. The van der Waals surface area contributed by atoms with Gasteiger partial charge in [-0.05, 0) is 25.3 Å². The van der Waals surface area contributed by atoms with Crippen LogP contribution < -0.4 is 5.73 Å². The average molecular weight is 230 g/mol. The van der Waals surface area contributed by atoms with Crippen molar-refractivity contribution in [3.63, 3.8) is 0 Å². The van der Waals surface area contributed by atoms with Crippen molar-refractivity contribution in [1.82, 2.24) is 4.90 Å². The van der Waals surface area contributed by atoms with Crippen molar-refractivity contribution in [3.8, 4) is 0 Å². The third kappa shape index (κ3) is 3.99. The third-order valence-electron chi connectivity index (χ3n) is 3.24. The predicted octanol–water partition coefficient (Wildman–Crippen LogP) is 2.21. The summed E-state index contributed by atoms with van der Waals surface area (Å²) in [6, 6.07) is 10.8. The Bertz CT molecular complexity index is 370. The SMILES string of the molecule is CC1=CCCN(CC(N)Cc2ccccc2)C1. The van der Waals surface area contributed by atoms with Crippen molar-refractivity contribution in [2.75, 3.05) is 19.6 Å². The van der Waals surface area contributed by atoms with Gasteiger partial charge in [-0.1, -0.05) is 42.0 Å². The van der Waals surface area contributed by atoms with Gasteiger partial charge in [0, 0.05) is 25.7 Å². The topological polar surface area (TPSA) is 29.3 Å². The molecule has 92 valence electrons. The molecule has 0 fully saturated rings. The zero-order chi connectivity index (χ0) is 12.1. The molecule has 0 saturated carbocycles. The van der Waals surface area contributed by atoms with Crippen LogP contribution >= 0.6 is 0 Å². The smallest absolute Gasteiger partial charge is 0.0208 e. The van der Waals surface area contributed by atoms with E-state index in [4.69, 9.17) is 5.73 Å². The van der Waals surface area contributed by atoms with E-state index in [2.05, 4.69) is 42.2 Å². The highest BCUT2D eigenvalue weighted by molar-refractivity contribution is 5.16. The lowest BCUT2D eigenvalue weighted by molar-refractivity contribution is 0.271. The molecule has 0 aliphatic carbocycles. The van der Waals surface area contributed by atoms with Gasteiger partial charge in [0.1, 0.15) is 0 Å². The van der Waals surface area contributed by atoms with Gasteiger partial charge in [0.25, 0.3) is 0 Å². The summed E-state index contributed by atoms with van der Waals surface area (Å²) in [5, 5.41) is 0. The summed E-state index contributed by atoms with van der Waals surface area (Å²) in [5.41, 5.74) is 9.03. The van der Waals surface area contributed by atoms with Crippen LogP contribution in [0.25, 0.3) is 0 Å². The van der Waals surface area contributed by atoms with E-state index in [1.54, 1.807) is 0 Å². The Hall–Kier alpha value is -1.12. The predicted molar refractivity (Wildman–Crippen MR) is 72.9 cm³/mol. The van der Waals surface area contributed by atoms with Gasteiger partial charge in [0.15, 0.2) is 0 Å². The standard InChI is InChI=1S/C15H22N2/c1-13-6-5-9-17(11-13)12-15(16)10-14-7-3-2-4-8-14/h2-4,6-8,15H,5,9-12,16H2,1H3. The number of benzene rings is 1. The lowest BCUT2D eigenvalue weighted by Crippen LogP contribution is -2.41. The van der Waals surface area contributed by atoms with Crippen LogP contribution in [0.3, 0.4) is 0 Å². The van der Waals surface area contributed by atoms with E-state index in [0.29, 0.717) is 0 Å². The van der Waals surface area contributed by atoms with Crippen LogP contribution in [0.2, 0.25) is 0 Å². The fourth-order valence-electron chi connectivity index (χ4n) is 2.46. The van der Waals surface area contributed by atoms with E-state index in [1.807, 2.05) is 6.07 Å². The fraction of sp³-hybridized carbons (Fsp3) is 0.467. The van der Waals surface area contributed by atoms with E-state index in [9.17, 15) is 0 Å².